The van der Waals surface area contributed by atoms with Crippen LogP contribution in [0.5, 0.6) is 0 Å². The lowest BCUT2D eigenvalue weighted by Gasteiger charge is -2.44. The summed E-state index contributed by atoms with van der Waals surface area (Å²) in [5.74, 6) is 0. The minimum absolute atomic E-state index is 0.102. The van der Waals surface area contributed by atoms with Crippen LogP contribution in [-0.4, -0.2) is 33.3 Å². The highest BCUT2D eigenvalue weighted by Gasteiger charge is 2.31. The first-order chi connectivity index (χ1) is 17.0. The highest BCUT2D eigenvalue weighted by Crippen LogP contribution is 2.34. The van der Waals surface area contributed by atoms with Crippen LogP contribution in [0.3, 0.4) is 0 Å². The van der Waals surface area contributed by atoms with Crippen molar-refractivity contribution in [3.63, 3.8) is 0 Å². The smallest absolute Gasteiger partial charge is 0.325 e. The number of anilines is 2. The predicted molar refractivity (Wildman–Crippen MR) is 146 cm³/mol. The summed E-state index contributed by atoms with van der Waals surface area (Å²) < 4.78 is 3.88. The summed E-state index contributed by atoms with van der Waals surface area (Å²) in [5.41, 5.74) is 7.10. The fraction of sp³-hybridized carbons (Fsp3) is 0.367. The Morgan fingerprint density at radius 2 is 1.37 bits per heavy atom. The quantitative estimate of drug-likeness (QED) is 0.339. The average molecular weight is 469 g/mol. The second-order valence-corrected chi connectivity index (χ2v) is 9.83. The highest BCUT2D eigenvalue weighted by atomic mass is 16.1. The second-order valence-electron chi connectivity index (χ2n) is 9.83. The zero-order valence-electron chi connectivity index (χ0n) is 21.3. The molecule has 0 spiro atoms. The summed E-state index contributed by atoms with van der Waals surface area (Å²) in [5, 5.41) is 0. The number of para-hydroxylation sites is 2. The molecular formula is C30H36N4O. The van der Waals surface area contributed by atoms with Crippen molar-refractivity contribution in [1.82, 2.24) is 14.0 Å². The summed E-state index contributed by atoms with van der Waals surface area (Å²) in [6.45, 7) is 8.45. The molecule has 1 aromatic heterocycles. The van der Waals surface area contributed by atoms with Gasteiger partial charge in [0.2, 0.25) is 0 Å². The van der Waals surface area contributed by atoms with Crippen molar-refractivity contribution in [3.05, 3.63) is 94.4 Å². The van der Waals surface area contributed by atoms with Gasteiger partial charge >= 0.3 is 5.69 Å². The molecule has 1 saturated heterocycles. The van der Waals surface area contributed by atoms with Gasteiger partial charge in [-0.15, -0.1) is 0 Å². The maximum atomic E-state index is 13.3. The third-order valence-electron chi connectivity index (χ3n) is 7.72. The van der Waals surface area contributed by atoms with E-state index in [4.69, 9.17) is 0 Å². The van der Waals surface area contributed by atoms with Crippen molar-refractivity contribution in [2.24, 2.45) is 7.05 Å². The predicted octanol–water partition coefficient (Wildman–Crippen LogP) is 6.17. The van der Waals surface area contributed by atoms with Crippen LogP contribution in [0.25, 0.3) is 11.0 Å². The van der Waals surface area contributed by atoms with Gasteiger partial charge in [0.15, 0.2) is 0 Å². The van der Waals surface area contributed by atoms with Crippen LogP contribution in [0.2, 0.25) is 0 Å². The standard InChI is InChI=1S/C30H36N4O/c1-5-29(33(24-12-8-6-9-13-24)25-14-10-7-11-15-25)32-18-16-26(17-19-32)34-28-21-23(3)22(2)20-27(28)31(4)30(34)35/h6-15,20-21,26,29H,5,16-19H2,1-4H3. The zero-order chi connectivity index (χ0) is 24.5. The van der Waals surface area contributed by atoms with E-state index in [2.05, 4.69) is 108 Å². The van der Waals surface area contributed by atoms with Gasteiger partial charge in [-0.1, -0.05) is 43.3 Å². The van der Waals surface area contributed by atoms with E-state index in [1.165, 1.54) is 22.5 Å². The Bertz CT molecular complexity index is 1310. The lowest BCUT2D eigenvalue weighted by molar-refractivity contribution is 0.133. The lowest BCUT2D eigenvalue weighted by atomic mass is 10.0. The molecule has 5 heteroatoms. The number of fused-ring (bicyclic) bond motifs is 1. The number of piperidine rings is 1. The zero-order valence-corrected chi connectivity index (χ0v) is 21.3. The third kappa shape index (κ3) is 4.30. The van der Waals surface area contributed by atoms with Gasteiger partial charge in [0.25, 0.3) is 0 Å². The molecule has 182 valence electrons. The number of imidazole rings is 1. The summed E-state index contributed by atoms with van der Waals surface area (Å²) >= 11 is 0. The molecule has 0 bridgehead atoms. The van der Waals surface area contributed by atoms with Crippen LogP contribution in [0.15, 0.2) is 77.6 Å². The van der Waals surface area contributed by atoms with Crippen LogP contribution in [0, 0.1) is 13.8 Å². The Morgan fingerprint density at radius 3 is 1.89 bits per heavy atom. The van der Waals surface area contributed by atoms with E-state index in [0.29, 0.717) is 0 Å². The number of hydrogen-bond acceptors (Lipinski definition) is 3. The number of likely N-dealkylation sites (tertiary alicyclic amines) is 1. The van der Waals surface area contributed by atoms with E-state index in [0.717, 1.165) is 43.4 Å². The molecule has 0 radical (unpaired) electrons. The van der Waals surface area contributed by atoms with E-state index in [1.807, 2.05) is 11.6 Å². The fourth-order valence-electron chi connectivity index (χ4n) is 5.68. The molecule has 35 heavy (non-hydrogen) atoms. The SMILES string of the molecule is CCC(N1CCC(n2c(=O)n(C)c3cc(C)c(C)cc32)CC1)N(c1ccccc1)c1ccccc1. The topological polar surface area (TPSA) is 33.4 Å². The van der Waals surface area contributed by atoms with Crippen molar-refractivity contribution in [2.75, 3.05) is 18.0 Å². The molecule has 0 saturated carbocycles. The normalized spacial score (nSPS) is 16.0. The van der Waals surface area contributed by atoms with Gasteiger partial charge < -0.3 is 4.90 Å². The molecule has 3 aromatic carbocycles. The van der Waals surface area contributed by atoms with Gasteiger partial charge in [-0.05, 0) is 80.6 Å². The number of benzene rings is 3. The monoisotopic (exact) mass is 468 g/mol. The minimum atomic E-state index is 0.102. The van der Waals surface area contributed by atoms with E-state index in [9.17, 15) is 4.79 Å². The van der Waals surface area contributed by atoms with Crippen LogP contribution in [-0.2, 0) is 7.05 Å². The first kappa shape index (κ1) is 23.4. The van der Waals surface area contributed by atoms with Crippen molar-refractivity contribution < 1.29 is 0 Å². The number of rotatable bonds is 6. The van der Waals surface area contributed by atoms with E-state index in [-0.39, 0.29) is 17.9 Å². The third-order valence-corrected chi connectivity index (χ3v) is 7.72. The minimum Gasteiger partial charge on any atom is -0.325 e. The fourth-order valence-corrected chi connectivity index (χ4v) is 5.68. The number of nitrogens with zero attached hydrogens (tertiary/aromatic N) is 4. The van der Waals surface area contributed by atoms with Crippen molar-refractivity contribution in [1.29, 1.82) is 0 Å². The average Bonchev–Trinajstić information content (AvgIpc) is 3.13. The molecule has 1 aliphatic heterocycles. The van der Waals surface area contributed by atoms with Crippen molar-refractivity contribution >= 4 is 22.4 Å². The van der Waals surface area contributed by atoms with Crippen LogP contribution >= 0.6 is 0 Å². The molecule has 1 aliphatic rings. The van der Waals surface area contributed by atoms with Crippen molar-refractivity contribution in [3.8, 4) is 0 Å². The van der Waals surface area contributed by atoms with Crippen LogP contribution in [0.4, 0.5) is 11.4 Å². The molecule has 2 heterocycles. The van der Waals surface area contributed by atoms with Crippen LogP contribution < -0.4 is 10.6 Å². The molecule has 4 aromatic rings. The van der Waals surface area contributed by atoms with Gasteiger partial charge in [0, 0.05) is 37.6 Å². The summed E-state index contributed by atoms with van der Waals surface area (Å²) in [6, 6.07) is 26.0. The second kappa shape index (κ2) is 9.74. The molecule has 5 nitrogen and oxygen atoms in total. The molecule has 0 N–H and O–H groups in total. The summed E-state index contributed by atoms with van der Waals surface area (Å²) in [7, 11) is 1.90. The van der Waals surface area contributed by atoms with E-state index in [1.54, 1.807) is 0 Å². The molecule has 1 fully saturated rings. The Hall–Kier alpha value is -3.31. The summed E-state index contributed by atoms with van der Waals surface area (Å²) in [4.78, 5) is 18.3. The van der Waals surface area contributed by atoms with E-state index >= 15 is 0 Å². The van der Waals surface area contributed by atoms with Gasteiger partial charge in [0.05, 0.1) is 17.2 Å². The Labute approximate surface area is 208 Å². The van der Waals surface area contributed by atoms with Gasteiger partial charge in [0.1, 0.15) is 0 Å². The molecule has 0 amide bonds. The molecular weight excluding hydrogens is 432 g/mol. The Kier molecular flexibility index (Phi) is 6.52. The molecule has 1 unspecified atom stereocenters. The molecule has 1 atom stereocenters. The largest absolute Gasteiger partial charge is 0.329 e. The molecule has 0 aliphatic carbocycles. The molecule has 5 rings (SSSR count). The first-order valence-electron chi connectivity index (χ1n) is 12.8. The maximum Gasteiger partial charge on any atom is 0.329 e. The number of hydrogen-bond donors (Lipinski definition) is 0. The number of aromatic nitrogens is 2. The summed E-state index contributed by atoms with van der Waals surface area (Å²) in [6.07, 6.45) is 3.22. The van der Waals surface area contributed by atoms with Gasteiger partial charge in [-0.3, -0.25) is 14.0 Å². The number of aryl methyl sites for hydroxylation is 3. The van der Waals surface area contributed by atoms with Crippen LogP contribution in [0.1, 0.15) is 43.4 Å². The van der Waals surface area contributed by atoms with Crippen molar-refractivity contribution in [2.45, 2.75) is 52.2 Å². The first-order valence-corrected chi connectivity index (χ1v) is 12.8. The lowest BCUT2D eigenvalue weighted by Crippen LogP contribution is -2.50. The highest BCUT2D eigenvalue weighted by molar-refractivity contribution is 5.78. The maximum absolute atomic E-state index is 13.3. The Morgan fingerprint density at radius 1 is 0.857 bits per heavy atom. The van der Waals surface area contributed by atoms with Gasteiger partial charge in [-0.2, -0.15) is 0 Å². The Balaban J connectivity index is 1.43. The van der Waals surface area contributed by atoms with E-state index < -0.39 is 0 Å². The van der Waals surface area contributed by atoms with Gasteiger partial charge in [-0.25, -0.2) is 4.79 Å².